The molecule has 0 heterocycles. The van der Waals surface area contributed by atoms with Crippen LogP contribution >= 0.6 is 0 Å². The number of ether oxygens (including phenoxy) is 1. The topological polar surface area (TPSA) is 83.8 Å². The molecule has 0 saturated heterocycles. The second-order valence-electron chi connectivity index (χ2n) is 9.74. The average Bonchev–Trinajstić information content (AvgIpc) is 2.58. The molecular weight excluding hydrogens is 388 g/mol. The Morgan fingerprint density at radius 3 is 1.97 bits per heavy atom. The van der Waals surface area contributed by atoms with Gasteiger partial charge >= 0.3 is 0 Å². The van der Waals surface area contributed by atoms with Gasteiger partial charge in [-0.05, 0) is 46.9 Å². The van der Waals surface area contributed by atoms with Crippen molar-refractivity contribution in [1.82, 2.24) is 0 Å². The molecule has 0 radical (unpaired) electrons. The second kappa shape index (κ2) is 8.46. The highest BCUT2D eigenvalue weighted by Gasteiger charge is 2.30. The predicted octanol–water partition coefficient (Wildman–Crippen LogP) is 5.57. The minimum Gasteiger partial charge on any atom is -0.461 e. The van der Waals surface area contributed by atoms with Crippen LogP contribution in [0.2, 0.25) is 0 Å². The normalized spacial score (nSPS) is 15.0. The lowest BCUT2D eigenvalue weighted by molar-refractivity contribution is -0.0217. The molecule has 5 nitrogen and oxygen atoms in total. The number of rotatable bonds is 6. The van der Waals surface area contributed by atoms with Crippen LogP contribution in [0.4, 0.5) is 0 Å². The molecule has 2 atom stereocenters. The Bertz CT molecular complexity index is 919. The molecule has 29 heavy (non-hydrogen) atoms. The first-order valence-corrected chi connectivity index (χ1v) is 11.1. The molecule has 160 valence electrons. The Kier molecular flexibility index (Phi) is 6.82. The summed E-state index contributed by atoms with van der Waals surface area (Å²) >= 11 is 0. The number of hydrogen-bond donors (Lipinski definition) is 2. The fourth-order valence-electron chi connectivity index (χ4n) is 3.43. The molecular formula is C23H32O5S. The first-order valence-electron chi connectivity index (χ1n) is 9.69. The third kappa shape index (κ3) is 6.56. The molecule has 6 heteroatoms. The van der Waals surface area contributed by atoms with Gasteiger partial charge in [-0.3, -0.25) is 4.55 Å². The highest BCUT2D eigenvalue weighted by atomic mass is 32.2. The van der Waals surface area contributed by atoms with Gasteiger partial charge in [-0.15, -0.1) is 0 Å². The van der Waals surface area contributed by atoms with Crippen LogP contribution in [0.5, 0.6) is 5.75 Å². The molecule has 0 aliphatic rings. The van der Waals surface area contributed by atoms with Crippen LogP contribution in [-0.2, 0) is 10.1 Å². The molecule has 0 bridgehead atoms. The summed E-state index contributed by atoms with van der Waals surface area (Å²) in [6.07, 6.45) is -0.492. The van der Waals surface area contributed by atoms with Crippen LogP contribution in [0.15, 0.2) is 53.4 Å². The lowest BCUT2D eigenvalue weighted by Gasteiger charge is -2.36. The van der Waals surface area contributed by atoms with Crippen molar-refractivity contribution in [2.24, 2.45) is 10.8 Å². The van der Waals surface area contributed by atoms with Crippen LogP contribution in [0.3, 0.4) is 0 Å². The maximum Gasteiger partial charge on any atom is 0.295 e. The van der Waals surface area contributed by atoms with E-state index in [1.54, 1.807) is 18.2 Å². The third-order valence-electron chi connectivity index (χ3n) is 4.86. The lowest BCUT2D eigenvalue weighted by atomic mass is 9.69. The van der Waals surface area contributed by atoms with Gasteiger partial charge in [0.25, 0.3) is 10.1 Å². The van der Waals surface area contributed by atoms with Gasteiger partial charge in [0.05, 0.1) is 0 Å². The summed E-state index contributed by atoms with van der Waals surface area (Å²) in [4.78, 5) is -0.373. The van der Waals surface area contributed by atoms with E-state index in [9.17, 15) is 18.1 Å². The van der Waals surface area contributed by atoms with Gasteiger partial charge in [0.15, 0.2) is 0 Å². The van der Waals surface area contributed by atoms with Gasteiger partial charge in [-0.2, -0.15) is 8.42 Å². The van der Waals surface area contributed by atoms with E-state index in [0.29, 0.717) is 11.7 Å². The van der Waals surface area contributed by atoms with Crippen LogP contribution in [0, 0.1) is 10.8 Å². The van der Waals surface area contributed by atoms with E-state index >= 15 is 0 Å². The van der Waals surface area contributed by atoms with Gasteiger partial charge in [-0.25, -0.2) is 0 Å². The molecule has 0 aliphatic heterocycles. The molecule has 0 spiro atoms. The van der Waals surface area contributed by atoms with Crippen molar-refractivity contribution in [3.63, 3.8) is 0 Å². The highest BCUT2D eigenvalue weighted by molar-refractivity contribution is 7.85. The van der Waals surface area contributed by atoms with E-state index in [4.69, 9.17) is 4.74 Å². The SMILES string of the molecule is CC(C)(C)CC(c1ccc(OC(O)c2ccccc2S(=O)(=O)O)cc1)C(C)(C)C. The molecule has 2 unspecified atom stereocenters. The minimum absolute atomic E-state index is 0.0145. The Hall–Kier alpha value is -1.89. The number of benzene rings is 2. The average molecular weight is 421 g/mol. The second-order valence-corrected chi connectivity index (χ2v) is 11.1. The lowest BCUT2D eigenvalue weighted by Crippen LogP contribution is -2.23. The molecule has 0 fully saturated rings. The third-order valence-corrected chi connectivity index (χ3v) is 5.78. The summed E-state index contributed by atoms with van der Waals surface area (Å²) in [5.41, 5.74) is 1.44. The monoisotopic (exact) mass is 420 g/mol. The van der Waals surface area contributed by atoms with Crippen molar-refractivity contribution in [2.75, 3.05) is 0 Å². The van der Waals surface area contributed by atoms with E-state index in [0.717, 1.165) is 6.42 Å². The van der Waals surface area contributed by atoms with Crippen molar-refractivity contribution in [2.45, 2.75) is 65.1 Å². The molecule has 0 aromatic heterocycles. The summed E-state index contributed by atoms with van der Waals surface area (Å²) in [5.74, 6) is 0.761. The zero-order valence-electron chi connectivity index (χ0n) is 18.0. The first-order chi connectivity index (χ1) is 13.2. The highest BCUT2D eigenvalue weighted by Crippen LogP contribution is 2.43. The van der Waals surface area contributed by atoms with Gasteiger partial charge in [0.1, 0.15) is 10.6 Å². The number of aliphatic hydroxyl groups excluding tert-OH is 1. The molecule has 2 rings (SSSR count). The Morgan fingerprint density at radius 1 is 0.931 bits per heavy atom. The van der Waals surface area contributed by atoms with Gasteiger partial charge < -0.3 is 9.84 Å². The molecule has 2 aromatic rings. The molecule has 2 aromatic carbocycles. The summed E-state index contributed by atoms with van der Waals surface area (Å²) in [7, 11) is -4.46. The maximum atomic E-state index is 11.5. The summed E-state index contributed by atoms with van der Waals surface area (Å²) < 4.78 is 37.9. The van der Waals surface area contributed by atoms with Crippen LogP contribution in [0.25, 0.3) is 0 Å². The van der Waals surface area contributed by atoms with Crippen LogP contribution in [-0.4, -0.2) is 18.1 Å². The molecule has 2 N–H and O–H groups in total. The van der Waals surface area contributed by atoms with Gasteiger partial charge in [0.2, 0.25) is 6.29 Å². The maximum absolute atomic E-state index is 11.5. The van der Waals surface area contributed by atoms with E-state index in [2.05, 4.69) is 41.5 Å². The summed E-state index contributed by atoms with van der Waals surface area (Å²) in [6, 6.07) is 13.2. The van der Waals surface area contributed by atoms with E-state index in [1.807, 2.05) is 12.1 Å². The fourth-order valence-corrected chi connectivity index (χ4v) is 4.14. The van der Waals surface area contributed by atoms with Crippen LogP contribution < -0.4 is 4.74 Å². The quantitative estimate of drug-likeness (QED) is 0.471. The van der Waals surface area contributed by atoms with Gasteiger partial charge in [-0.1, -0.05) is 71.9 Å². The minimum atomic E-state index is -4.46. The smallest absolute Gasteiger partial charge is 0.295 e. The molecule has 0 saturated carbocycles. The predicted molar refractivity (Wildman–Crippen MR) is 115 cm³/mol. The van der Waals surface area contributed by atoms with Crippen molar-refractivity contribution in [3.05, 3.63) is 59.7 Å². The fraction of sp³-hybridized carbons (Fsp3) is 0.478. The van der Waals surface area contributed by atoms with Gasteiger partial charge in [0, 0.05) is 5.56 Å². The summed E-state index contributed by atoms with van der Waals surface area (Å²) in [5, 5.41) is 10.4. The van der Waals surface area contributed by atoms with E-state index < -0.39 is 16.4 Å². The van der Waals surface area contributed by atoms with Crippen molar-refractivity contribution < 1.29 is 22.8 Å². The standard InChI is InChI=1S/C23H32O5S/c1-22(2,3)15-19(23(4,5)6)16-11-13-17(14-12-16)28-21(24)18-9-7-8-10-20(18)29(25,26)27/h7-14,19,21,24H,15H2,1-6H3,(H,25,26,27). The first kappa shape index (κ1) is 23.4. The van der Waals surface area contributed by atoms with Crippen molar-refractivity contribution in [3.8, 4) is 5.75 Å². The zero-order chi connectivity index (χ0) is 22.0. The Balaban J connectivity index is 2.25. The molecule has 0 amide bonds. The number of aliphatic hydroxyl groups is 1. The Labute approximate surface area is 174 Å². The number of hydrogen-bond acceptors (Lipinski definition) is 4. The van der Waals surface area contributed by atoms with E-state index in [1.165, 1.54) is 23.8 Å². The molecule has 0 aliphatic carbocycles. The zero-order valence-corrected chi connectivity index (χ0v) is 18.8. The van der Waals surface area contributed by atoms with Crippen LogP contribution in [0.1, 0.15) is 71.3 Å². The summed E-state index contributed by atoms with van der Waals surface area (Å²) in [6.45, 7) is 13.4. The van der Waals surface area contributed by atoms with Crippen molar-refractivity contribution >= 4 is 10.1 Å². The van der Waals surface area contributed by atoms with E-state index in [-0.39, 0.29) is 21.3 Å². The largest absolute Gasteiger partial charge is 0.461 e. The van der Waals surface area contributed by atoms with Crippen molar-refractivity contribution in [1.29, 1.82) is 0 Å². The Morgan fingerprint density at radius 2 is 1.48 bits per heavy atom.